The minimum atomic E-state index is -4.42. The monoisotopic (exact) mass is 1740 g/mol. The van der Waals surface area contributed by atoms with Crippen LogP contribution in [0.4, 0.5) is 0 Å². The molecule has 120 heavy (non-hydrogen) atoms. The fourth-order valence-electron chi connectivity index (χ4n) is 15.8. The Labute approximate surface area is 724 Å². The Hall–Kier alpha value is -6.81. The Balaban J connectivity index is 1.83. The molecule has 2 aliphatic heterocycles. The van der Waals surface area contributed by atoms with Crippen molar-refractivity contribution in [3.8, 4) is 0 Å². The molecule has 4 rings (SSSR count). The summed E-state index contributed by atoms with van der Waals surface area (Å²) in [6.45, 7) is 19.0. The molecule has 0 unspecified atom stereocenters. The molecule has 1 aromatic carbocycles. The molecular weight excluding hydrogens is 1590 g/mol. The molecule has 0 aliphatic carbocycles. The number of ketones is 7. The molecule has 13 N–H and O–H groups in total. The van der Waals surface area contributed by atoms with Crippen molar-refractivity contribution in [1.82, 2.24) is 46.1 Å². The highest BCUT2D eigenvalue weighted by molar-refractivity contribution is 7.89. The number of H-pyrrole nitrogens is 1. The number of ether oxygens (including phenoxy) is 1. The number of unbranched alkanes of at least 4 members (excludes halogenated alkanes) is 4. The first kappa shape index (κ1) is 106. The predicted octanol–water partition coefficient (Wildman–Crippen LogP) is 7.59. The van der Waals surface area contributed by atoms with Crippen LogP contribution in [0.2, 0.25) is 0 Å². The van der Waals surface area contributed by atoms with Crippen LogP contribution < -0.4 is 49.1 Å². The first-order valence-electron chi connectivity index (χ1n) is 44.1. The van der Waals surface area contributed by atoms with E-state index in [9.17, 15) is 70.7 Å². The quantitative estimate of drug-likeness (QED) is 0.0237. The molecule has 0 radical (unpaired) electrons. The highest BCUT2D eigenvalue weighted by Gasteiger charge is 2.40. The number of sulfonamides is 1. The third-order valence-electron chi connectivity index (χ3n) is 23.0. The van der Waals surface area contributed by atoms with E-state index >= 15 is 4.79 Å². The number of amides is 7. The van der Waals surface area contributed by atoms with Crippen LogP contribution in [0, 0.1) is 65.1 Å². The van der Waals surface area contributed by atoms with Gasteiger partial charge in [-0.1, -0.05) is 100 Å². The Morgan fingerprint density at radius 1 is 0.600 bits per heavy atom. The smallest absolute Gasteiger partial charge is 0.246 e. The van der Waals surface area contributed by atoms with Gasteiger partial charge in [-0.05, 0) is 177 Å². The zero-order valence-corrected chi connectivity index (χ0v) is 76.0. The fraction of sp³-hybridized carbons (Fsp3) is 0.750. The average molecular weight is 1740 g/mol. The molecule has 0 spiro atoms. The fourth-order valence-corrected chi connectivity index (χ4v) is 17.8. The predicted molar refractivity (Wildman–Crippen MR) is 472 cm³/mol. The molecule has 3 heterocycles. The molecule has 32 heteroatoms. The zero-order chi connectivity index (χ0) is 89.3. The number of carbonyl (C=O) groups is 14. The highest BCUT2D eigenvalue weighted by atomic mass is 32.2. The van der Waals surface area contributed by atoms with E-state index in [4.69, 9.17) is 21.9 Å². The lowest BCUT2D eigenvalue weighted by Gasteiger charge is -2.30. The summed E-state index contributed by atoms with van der Waals surface area (Å²) in [6.07, 6.45) is 5.46. The maximum atomic E-state index is 15.1. The Morgan fingerprint density at radius 3 is 1.72 bits per heavy atom. The number of rotatable bonds is 34. The summed E-state index contributed by atoms with van der Waals surface area (Å²) < 4.78 is 36.4. The van der Waals surface area contributed by atoms with Crippen LogP contribution in [-0.4, -0.2) is 217 Å². The number of nitrogens with two attached hydrogens (primary N) is 3. The molecule has 0 bridgehead atoms. The second-order valence-corrected chi connectivity index (χ2v) is 37.7. The number of hydrogen-bond donors (Lipinski definition) is 12. The van der Waals surface area contributed by atoms with Crippen molar-refractivity contribution in [2.45, 2.75) is 279 Å². The number of Topliss-reactive ketones (excluding diaryl/α,β-unsaturated/α-hetero) is 7. The summed E-state index contributed by atoms with van der Waals surface area (Å²) in [4.78, 5) is 207. The van der Waals surface area contributed by atoms with E-state index in [1.165, 1.54) is 6.92 Å². The standard InChI is InChI=1S/C88H146N12O17S3/c1-12-13-25-61-43-68(101)50-99(120(115,116)39-24-36-92-83(109)66(54-119)47-76(103)59(10)53-118)37-23-32-75(102)72(29-16-19-33-89)96-85(111)63(41-56(4)5)45-79(106)74(31-18-21-35-91)97-86(112)62(40-55(2)3)44-78(105)73(30-17-20-34-90)95-81(108)52-117-51-67-26-22-38-100(67)88(114)64(42-65-49-93-71-28-15-14-27-69(65)71)46-77(104)60(11)94-87(113)70(57(6)7)48-80(107)82(58(8)9)98-84(61)110/h14-15,27-28,49,55-64,66-67,70,72-74,82,93,118-119H,12-13,16-26,29-48,50-54,89-91H2,1-11H3,(H,92,109)(H,94,113)(H,95,108)(H,96,111)(H,97,112)(H,98,110)/t59-,60-,61+,62+,63+,64+,66-,67+,70-,72-,73-,74-,82-/m0/s1. The number of para-hydroxylation sites is 1. The summed E-state index contributed by atoms with van der Waals surface area (Å²) in [5.74, 6) is -14.8. The largest absolute Gasteiger partial charge is 0.370 e. The van der Waals surface area contributed by atoms with Crippen LogP contribution in [0.5, 0.6) is 0 Å². The van der Waals surface area contributed by atoms with E-state index in [2.05, 4.69) is 62.1 Å². The number of carbonyl (C=O) groups excluding carboxylic acids is 14. The minimum Gasteiger partial charge on any atom is -0.370 e. The minimum absolute atomic E-state index is 0.0380. The molecule has 2 aliphatic rings. The van der Waals surface area contributed by atoms with Gasteiger partial charge >= 0.3 is 0 Å². The number of aromatic nitrogens is 1. The molecular formula is C88H146N12O17S3. The van der Waals surface area contributed by atoms with Crippen LogP contribution in [0.1, 0.15) is 242 Å². The lowest BCUT2D eigenvalue weighted by Crippen LogP contribution is -2.50. The summed E-state index contributed by atoms with van der Waals surface area (Å²) in [5, 5.41) is 18.0. The molecule has 29 nitrogen and oxygen atoms in total. The van der Waals surface area contributed by atoms with Crippen molar-refractivity contribution < 1.29 is 80.3 Å². The van der Waals surface area contributed by atoms with Gasteiger partial charge in [0.1, 0.15) is 18.2 Å². The normalized spacial score (nSPS) is 24.4. The Kier molecular flexibility index (Phi) is 48.7. The van der Waals surface area contributed by atoms with E-state index in [-0.39, 0.29) is 164 Å². The summed E-state index contributed by atoms with van der Waals surface area (Å²) in [7, 11) is -4.42. The lowest BCUT2D eigenvalue weighted by molar-refractivity contribution is -0.141. The second kappa shape index (κ2) is 55.4. The van der Waals surface area contributed by atoms with Crippen molar-refractivity contribution >= 4 is 128 Å². The Morgan fingerprint density at radius 2 is 1.17 bits per heavy atom. The van der Waals surface area contributed by atoms with Crippen LogP contribution in [-0.2, 0) is 88.3 Å². The molecule has 2 aromatic rings. The highest BCUT2D eigenvalue weighted by Crippen LogP contribution is 2.30. The molecule has 7 amide bonds. The van der Waals surface area contributed by atoms with Crippen molar-refractivity contribution in [2.75, 3.05) is 76.3 Å². The first-order chi connectivity index (χ1) is 56.9. The van der Waals surface area contributed by atoms with Crippen LogP contribution >= 0.6 is 25.3 Å². The number of hydrogen-bond acceptors (Lipinski definition) is 22. The third-order valence-corrected chi connectivity index (χ3v) is 25.9. The number of benzene rings is 1. The average Bonchev–Trinajstić information content (AvgIpc) is 1.66. The number of fused-ring (bicyclic) bond motifs is 2. The van der Waals surface area contributed by atoms with Gasteiger partial charge in [0.25, 0.3) is 0 Å². The van der Waals surface area contributed by atoms with E-state index in [1.54, 1.807) is 45.7 Å². The molecule has 0 saturated carbocycles. The van der Waals surface area contributed by atoms with Gasteiger partial charge in [0, 0.05) is 123 Å². The number of nitrogens with zero attached hydrogens (tertiary/aromatic N) is 2. The molecule has 13 atom stereocenters. The van der Waals surface area contributed by atoms with Gasteiger partial charge in [0.2, 0.25) is 51.4 Å². The van der Waals surface area contributed by atoms with Crippen LogP contribution in [0.25, 0.3) is 10.9 Å². The summed E-state index contributed by atoms with van der Waals surface area (Å²) >= 11 is 8.51. The van der Waals surface area contributed by atoms with Gasteiger partial charge in [-0.3, -0.25) is 67.1 Å². The summed E-state index contributed by atoms with van der Waals surface area (Å²) in [6, 6.07) is 1.41. The van der Waals surface area contributed by atoms with Gasteiger partial charge in [0.05, 0.1) is 61.1 Å². The zero-order valence-electron chi connectivity index (χ0n) is 73.4. The first-order valence-corrected chi connectivity index (χ1v) is 47.0. The third kappa shape index (κ3) is 36.6. The Bertz CT molecular complexity index is 3760. The van der Waals surface area contributed by atoms with Crippen LogP contribution in [0.15, 0.2) is 30.5 Å². The van der Waals surface area contributed by atoms with Crippen molar-refractivity contribution in [3.05, 3.63) is 36.0 Å². The molecule has 2 fully saturated rings. The second-order valence-electron chi connectivity index (χ2n) is 34.9. The number of nitrogens with one attached hydrogen (secondary N) is 7. The SMILES string of the molecule is CCCC[C@@H]1CC(=O)CN(S(=O)(=O)CCCNC(=O)[C@H](CS)CC(=O)[C@@H](C)CS)CCCC(=O)[C@H](CCCCN)NC(=O)[C@H](CC(C)C)CC(=O)[C@H](CCCCN)NC(=O)[C@H](CC(C)C)CC(=O)[C@H](CCCCN)NC(=O)COC[C@H]2CCCN2C(=O)[C@H](Cc2c[nH]c3ccccc23)CC(=O)[C@H](C)NC(=O)[C@H](C(C)C)CC(=O)[C@H](C(C)C)NC1=O. The van der Waals surface area contributed by atoms with Gasteiger partial charge in [-0.2, -0.15) is 29.6 Å². The van der Waals surface area contributed by atoms with E-state index in [1.807, 2.05) is 58.9 Å². The number of thiol groups is 2. The maximum absolute atomic E-state index is 15.1. The van der Waals surface area contributed by atoms with E-state index in [0.717, 1.165) is 20.8 Å². The maximum Gasteiger partial charge on any atom is 0.246 e. The molecule has 2 saturated heterocycles. The van der Waals surface area contributed by atoms with Crippen LogP contribution in [0.3, 0.4) is 0 Å². The molecule has 678 valence electrons. The molecule has 1 aromatic heterocycles. The van der Waals surface area contributed by atoms with Crippen molar-refractivity contribution in [3.63, 3.8) is 0 Å². The van der Waals surface area contributed by atoms with E-state index in [0.29, 0.717) is 77.3 Å². The van der Waals surface area contributed by atoms with Crippen molar-refractivity contribution in [1.29, 1.82) is 0 Å². The van der Waals surface area contributed by atoms with Gasteiger partial charge in [0.15, 0.2) is 28.9 Å². The summed E-state index contributed by atoms with van der Waals surface area (Å²) in [5.41, 5.74) is 19.4. The van der Waals surface area contributed by atoms with Gasteiger partial charge in [-0.25, -0.2) is 8.42 Å². The van der Waals surface area contributed by atoms with Gasteiger partial charge in [-0.15, -0.1) is 0 Å². The van der Waals surface area contributed by atoms with Gasteiger partial charge < -0.3 is 63.7 Å². The lowest BCUT2D eigenvalue weighted by atomic mass is 9.85. The van der Waals surface area contributed by atoms with E-state index < -0.39 is 195 Å². The topological polar surface area (TPSA) is 455 Å². The number of aromatic amines is 1. The van der Waals surface area contributed by atoms with Crippen molar-refractivity contribution in [2.24, 2.45) is 82.3 Å².